The Morgan fingerprint density at radius 2 is 1.80 bits per heavy atom. The molecule has 2 heterocycles. The van der Waals surface area contributed by atoms with Crippen LogP contribution < -0.4 is 15.8 Å². The largest absolute Gasteiger partial charge is 0.489 e. The van der Waals surface area contributed by atoms with Crippen molar-refractivity contribution in [1.29, 1.82) is 0 Å². The number of ether oxygens (including phenoxy) is 2. The van der Waals surface area contributed by atoms with E-state index >= 15 is 0 Å². The van der Waals surface area contributed by atoms with Crippen molar-refractivity contribution in [3.8, 4) is 5.75 Å². The number of aryl methyl sites for hydroxylation is 1. The number of hydrogen-bond donors (Lipinski definition) is 2. The van der Waals surface area contributed by atoms with Crippen LogP contribution in [0.15, 0.2) is 59.0 Å². The highest BCUT2D eigenvalue weighted by atomic mass is 32.1. The molecule has 0 spiro atoms. The lowest BCUT2D eigenvalue weighted by molar-refractivity contribution is -0.119. The molecule has 5 rings (SSSR count). The minimum absolute atomic E-state index is 0.0251. The fourth-order valence-corrected chi connectivity index (χ4v) is 5.50. The van der Waals surface area contributed by atoms with E-state index in [-0.39, 0.29) is 12.4 Å². The van der Waals surface area contributed by atoms with Crippen molar-refractivity contribution in [1.82, 2.24) is 0 Å². The number of nitrogens with two attached hydrogens (primary N) is 1. The van der Waals surface area contributed by atoms with Gasteiger partial charge in [0, 0.05) is 10.3 Å². The predicted octanol–water partition coefficient (Wildman–Crippen LogP) is 4.46. The van der Waals surface area contributed by atoms with Gasteiger partial charge >= 0.3 is 5.97 Å². The predicted molar refractivity (Wildman–Crippen MR) is 131 cm³/mol. The van der Waals surface area contributed by atoms with E-state index in [2.05, 4.69) is 5.32 Å². The molecule has 0 atom stereocenters. The van der Waals surface area contributed by atoms with Crippen molar-refractivity contribution in [3.63, 3.8) is 0 Å². The summed E-state index contributed by atoms with van der Waals surface area (Å²) in [4.78, 5) is 38.4. The Hall–Kier alpha value is -4.11. The summed E-state index contributed by atoms with van der Waals surface area (Å²) < 4.78 is 16.8. The van der Waals surface area contributed by atoms with Crippen LogP contribution in [-0.2, 0) is 29.0 Å². The number of nitrogens with one attached hydrogen (secondary N) is 1. The number of esters is 1. The van der Waals surface area contributed by atoms with Gasteiger partial charge in [-0.2, -0.15) is 0 Å². The van der Waals surface area contributed by atoms with E-state index in [9.17, 15) is 14.4 Å². The van der Waals surface area contributed by atoms with Crippen LogP contribution in [-0.4, -0.2) is 24.4 Å². The van der Waals surface area contributed by atoms with E-state index in [0.717, 1.165) is 35.1 Å². The lowest BCUT2D eigenvalue weighted by Gasteiger charge is -2.08. The summed E-state index contributed by atoms with van der Waals surface area (Å²) in [5.41, 5.74) is 7.82. The summed E-state index contributed by atoms with van der Waals surface area (Å²) in [6, 6.07) is 16.4. The zero-order valence-electron chi connectivity index (χ0n) is 18.7. The van der Waals surface area contributed by atoms with E-state index < -0.39 is 24.4 Å². The fraction of sp³-hybridized carbons (Fsp3) is 0.192. The van der Waals surface area contributed by atoms with Gasteiger partial charge in [0.15, 0.2) is 6.61 Å². The minimum atomic E-state index is -0.785. The van der Waals surface area contributed by atoms with Crippen molar-refractivity contribution < 1.29 is 28.3 Å². The van der Waals surface area contributed by atoms with Crippen LogP contribution in [0.4, 0.5) is 5.00 Å². The Balaban J connectivity index is 1.29. The molecule has 0 aliphatic heterocycles. The Morgan fingerprint density at radius 1 is 1.03 bits per heavy atom. The zero-order chi connectivity index (χ0) is 24.4. The van der Waals surface area contributed by atoms with E-state index in [1.165, 1.54) is 11.3 Å². The van der Waals surface area contributed by atoms with Crippen LogP contribution in [0.1, 0.15) is 43.3 Å². The Bertz CT molecular complexity index is 1420. The van der Waals surface area contributed by atoms with Crippen molar-refractivity contribution in [2.75, 3.05) is 11.9 Å². The summed E-state index contributed by atoms with van der Waals surface area (Å²) in [5, 5.41) is 3.78. The number of benzene rings is 2. The molecule has 0 saturated heterocycles. The van der Waals surface area contributed by atoms with E-state index in [4.69, 9.17) is 19.6 Å². The molecule has 2 aromatic heterocycles. The standard InChI is InChI=1S/C26H22N2O6S/c27-24(30)22-17-10-6-12-20(17)35-25(22)28-21(29)14-33-26(31)23-18(13-32-15-7-2-1-3-8-15)16-9-4-5-11-19(16)34-23/h1-5,7-9,11H,6,10,12-14H2,(H2,27,30)(H,28,29). The molecule has 4 aromatic rings. The summed E-state index contributed by atoms with van der Waals surface area (Å²) in [7, 11) is 0. The number of para-hydroxylation sites is 2. The van der Waals surface area contributed by atoms with Gasteiger partial charge in [0.05, 0.1) is 11.1 Å². The van der Waals surface area contributed by atoms with Crippen LogP contribution in [0.25, 0.3) is 11.0 Å². The number of primary amides is 1. The molecule has 2 amide bonds. The molecule has 8 nitrogen and oxygen atoms in total. The van der Waals surface area contributed by atoms with Crippen LogP contribution in [0.3, 0.4) is 0 Å². The van der Waals surface area contributed by atoms with Crippen LogP contribution >= 0.6 is 11.3 Å². The van der Waals surface area contributed by atoms with Gasteiger partial charge in [-0.05, 0) is 43.0 Å². The molecular formula is C26H22N2O6S. The van der Waals surface area contributed by atoms with Crippen molar-refractivity contribution in [2.45, 2.75) is 25.9 Å². The monoisotopic (exact) mass is 490 g/mol. The summed E-state index contributed by atoms with van der Waals surface area (Å²) >= 11 is 1.34. The summed E-state index contributed by atoms with van der Waals surface area (Å²) in [5.74, 6) is -1.32. The Kier molecular flexibility index (Phi) is 6.24. The SMILES string of the molecule is NC(=O)c1c(NC(=O)COC(=O)c2oc3ccccc3c2COc2ccccc2)sc2c1CCC2. The minimum Gasteiger partial charge on any atom is -0.489 e. The molecule has 0 radical (unpaired) electrons. The lowest BCUT2D eigenvalue weighted by atomic mass is 10.1. The first kappa shape index (κ1) is 22.7. The van der Waals surface area contributed by atoms with Crippen LogP contribution in [0, 0.1) is 0 Å². The third-order valence-electron chi connectivity index (χ3n) is 5.77. The molecule has 3 N–H and O–H groups in total. The van der Waals surface area contributed by atoms with Gasteiger partial charge in [-0.25, -0.2) is 4.79 Å². The number of carbonyl (C=O) groups excluding carboxylic acids is 3. The molecule has 178 valence electrons. The van der Waals surface area contributed by atoms with Gasteiger partial charge in [0.1, 0.15) is 22.9 Å². The molecule has 1 aliphatic carbocycles. The average Bonchev–Trinajstić information content (AvgIpc) is 3.54. The third kappa shape index (κ3) is 4.63. The Morgan fingerprint density at radius 3 is 2.60 bits per heavy atom. The summed E-state index contributed by atoms with van der Waals surface area (Å²) in [6.45, 7) is -0.462. The van der Waals surface area contributed by atoms with Gasteiger partial charge in [0.25, 0.3) is 11.8 Å². The maximum atomic E-state index is 12.9. The molecule has 0 fully saturated rings. The molecule has 1 aliphatic rings. The first-order valence-electron chi connectivity index (χ1n) is 11.1. The zero-order valence-corrected chi connectivity index (χ0v) is 19.5. The number of rotatable bonds is 8. The topological polar surface area (TPSA) is 121 Å². The lowest BCUT2D eigenvalue weighted by Crippen LogP contribution is -2.23. The van der Waals surface area contributed by atoms with Crippen LogP contribution in [0.2, 0.25) is 0 Å². The number of furan rings is 1. The number of anilines is 1. The fourth-order valence-electron chi connectivity index (χ4n) is 4.19. The Labute approximate surface area is 204 Å². The van der Waals surface area contributed by atoms with E-state index in [0.29, 0.717) is 27.5 Å². The number of carbonyl (C=O) groups is 3. The van der Waals surface area contributed by atoms with Crippen LogP contribution in [0.5, 0.6) is 5.75 Å². The molecular weight excluding hydrogens is 468 g/mol. The third-order valence-corrected chi connectivity index (χ3v) is 6.97. The maximum Gasteiger partial charge on any atom is 0.375 e. The number of fused-ring (bicyclic) bond motifs is 2. The number of thiophene rings is 1. The van der Waals surface area contributed by atoms with Gasteiger partial charge < -0.3 is 24.9 Å². The van der Waals surface area contributed by atoms with Crippen molar-refractivity contribution in [2.24, 2.45) is 5.73 Å². The van der Waals surface area contributed by atoms with Gasteiger partial charge in [0.2, 0.25) is 5.76 Å². The molecule has 0 unspecified atom stereocenters. The van der Waals surface area contributed by atoms with Crippen molar-refractivity contribution in [3.05, 3.63) is 81.9 Å². The second-order valence-corrected chi connectivity index (χ2v) is 9.16. The van der Waals surface area contributed by atoms with E-state index in [1.807, 2.05) is 42.5 Å². The highest BCUT2D eigenvalue weighted by Gasteiger charge is 2.27. The summed E-state index contributed by atoms with van der Waals surface area (Å²) in [6.07, 6.45) is 2.57. The second kappa shape index (κ2) is 9.63. The van der Waals surface area contributed by atoms with Gasteiger partial charge in [-0.1, -0.05) is 36.4 Å². The quantitative estimate of drug-likeness (QED) is 0.352. The normalized spacial score (nSPS) is 12.3. The molecule has 9 heteroatoms. The maximum absolute atomic E-state index is 12.9. The molecule has 35 heavy (non-hydrogen) atoms. The van der Waals surface area contributed by atoms with Gasteiger partial charge in [-0.3, -0.25) is 9.59 Å². The highest BCUT2D eigenvalue weighted by molar-refractivity contribution is 7.17. The second-order valence-electron chi connectivity index (χ2n) is 8.06. The number of amides is 2. The number of hydrogen-bond acceptors (Lipinski definition) is 7. The molecule has 2 aromatic carbocycles. The van der Waals surface area contributed by atoms with Crippen molar-refractivity contribution >= 4 is 45.1 Å². The molecule has 0 saturated carbocycles. The first-order chi connectivity index (χ1) is 17.0. The molecule has 0 bridgehead atoms. The van der Waals surface area contributed by atoms with E-state index in [1.54, 1.807) is 12.1 Å². The first-order valence-corrected chi connectivity index (χ1v) is 11.9. The highest BCUT2D eigenvalue weighted by Crippen LogP contribution is 2.38. The average molecular weight is 491 g/mol. The van der Waals surface area contributed by atoms with Gasteiger partial charge in [-0.15, -0.1) is 11.3 Å². The smallest absolute Gasteiger partial charge is 0.375 e.